The number of nitrogens with zero attached hydrogens (tertiary/aromatic N) is 4. The minimum atomic E-state index is 0.627. The fraction of sp³-hybridized carbons (Fsp3) is 1.00. The summed E-state index contributed by atoms with van der Waals surface area (Å²) >= 11 is 0. The molecule has 2 fully saturated rings. The number of hydrogen-bond donors (Lipinski definition) is 0. The van der Waals surface area contributed by atoms with Gasteiger partial charge in [0.25, 0.3) is 0 Å². The molecule has 0 amide bonds. The molecule has 2 aliphatic heterocycles. The lowest BCUT2D eigenvalue weighted by atomic mass is 10.2. The SMILES string of the molecule is CC(N1CCN(C)CC1)N1CCN(C)CC1. The van der Waals surface area contributed by atoms with Gasteiger partial charge in [-0.05, 0) is 21.0 Å². The molecule has 0 N–H and O–H groups in total. The summed E-state index contributed by atoms with van der Waals surface area (Å²) in [5, 5.41) is 0. The van der Waals surface area contributed by atoms with E-state index >= 15 is 0 Å². The molecule has 0 unspecified atom stereocenters. The van der Waals surface area contributed by atoms with Crippen LogP contribution in [0.3, 0.4) is 0 Å². The van der Waals surface area contributed by atoms with Crippen LogP contribution in [0, 0.1) is 0 Å². The zero-order chi connectivity index (χ0) is 11.5. The zero-order valence-electron chi connectivity index (χ0n) is 11.0. The first-order chi connectivity index (χ1) is 7.66. The second-order valence-electron chi connectivity index (χ2n) is 5.31. The molecule has 2 aliphatic rings. The molecule has 2 heterocycles. The van der Waals surface area contributed by atoms with Crippen molar-refractivity contribution in [1.29, 1.82) is 0 Å². The Morgan fingerprint density at radius 1 is 0.625 bits per heavy atom. The van der Waals surface area contributed by atoms with Gasteiger partial charge in [0, 0.05) is 52.4 Å². The van der Waals surface area contributed by atoms with Crippen LogP contribution < -0.4 is 0 Å². The van der Waals surface area contributed by atoms with Crippen LogP contribution >= 0.6 is 0 Å². The third-order valence-electron chi connectivity index (χ3n) is 4.13. The Kier molecular flexibility index (Phi) is 4.19. The molecule has 16 heavy (non-hydrogen) atoms. The second-order valence-corrected chi connectivity index (χ2v) is 5.31. The largest absolute Gasteiger partial charge is 0.304 e. The fourth-order valence-corrected chi connectivity index (χ4v) is 2.62. The number of likely N-dealkylation sites (N-methyl/N-ethyl adjacent to an activating group) is 2. The summed E-state index contributed by atoms with van der Waals surface area (Å²) < 4.78 is 0. The molecule has 0 aromatic heterocycles. The van der Waals surface area contributed by atoms with Gasteiger partial charge in [-0.15, -0.1) is 0 Å². The summed E-state index contributed by atoms with van der Waals surface area (Å²) in [6, 6.07) is 0. The van der Waals surface area contributed by atoms with Crippen molar-refractivity contribution < 1.29 is 0 Å². The van der Waals surface area contributed by atoms with Crippen molar-refractivity contribution in [2.24, 2.45) is 0 Å². The highest BCUT2D eigenvalue weighted by Gasteiger charge is 2.25. The monoisotopic (exact) mass is 226 g/mol. The molecule has 0 radical (unpaired) electrons. The topological polar surface area (TPSA) is 13.0 Å². The van der Waals surface area contributed by atoms with Gasteiger partial charge < -0.3 is 9.80 Å². The third kappa shape index (κ3) is 2.94. The highest BCUT2D eigenvalue weighted by atomic mass is 15.4. The molecule has 0 aromatic rings. The van der Waals surface area contributed by atoms with Crippen LogP contribution in [-0.4, -0.2) is 92.2 Å². The average molecular weight is 226 g/mol. The van der Waals surface area contributed by atoms with E-state index in [9.17, 15) is 0 Å². The Morgan fingerprint density at radius 3 is 1.25 bits per heavy atom. The maximum atomic E-state index is 2.63. The van der Waals surface area contributed by atoms with Crippen molar-refractivity contribution in [3.63, 3.8) is 0 Å². The molecular formula is C12H26N4. The van der Waals surface area contributed by atoms with E-state index in [4.69, 9.17) is 0 Å². The Labute approximate surface area is 99.8 Å². The molecular weight excluding hydrogens is 200 g/mol. The van der Waals surface area contributed by atoms with Crippen molar-refractivity contribution >= 4 is 0 Å². The molecule has 4 nitrogen and oxygen atoms in total. The lowest BCUT2D eigenvalue weighted by molar-refractivity contribution is 0.00114. The predicted molar refractivity (Wildman–Crippen MR) is 67.6 cm³/mol. The standard InChI is InChI=1S/C12H26N4/c1-12(15-8-4-13(2)5-9-15)16-10-6-14(3)7-11-16/h12H,4-11H2,1-3H3. The molecule has 0 spiro atoms. The van der Waals surface area contributed by atoms with Crippen LogP contribution in [0.2, 0.25) is 0 Å². The minimum absolute atomic E-state index is 0.627. The van der Waals surface area contributed by atoms with Crippen LogP contribution in [-0.2, 0) is 0 Å². The van der Waals surface area contributed by atoms with E-state index in [-0.39, 0.29) is 0 Å². The van der Waals surface area contributed by atoms with E-state index in [2.05, 4.69) is 40.6 Å². The molecule has 0 atom stereocenters. The Morgan fingerprint density at radius 2 is 0.938 bits per heavy atom. The maximum absolute atomic E-state index is 2.63. The van der Waals surface area contributed by atoms with E-state index in [1.54, 1.807) is 0 Å². The Hall–Kier alpha value is -0.160. The Bertz CT molecular complexity index is 183. The fourth-order valence-electron chi connectivity index (χ4n) is 2.62. The highest BCUT2D eigenvalue weighted by molar-refractivity contribution is 4.78. The molecule has 2 saturated heterocycles. The minimum Gasteiger partial charge on any atom is -0.304 e. The first kappa shape index (κ1) is 12.3. The van der Waals surface area contributed by atoms with E-state index < -0.39 is 0 Å². The van der Waals surface area contributed by atoms with Crippen LogP contribution in [0.4, 0.5) is 0 Å². The summed E-state index contributed by atoms with van der Waals surface area (Å²) in [5.74, 6) is 0. The van der Waals surface area contributed by atoms with Crippen molar-refractivity contribution in [2.45, 2.75) is 13.1 Å². The van der Waals surface area contributed by atoms with E-state index in [0.29, 0.717) is 6.17 Å². The molecule has 94 valence electrons. The van der Waals surface area contributed by atoms with Crippen molar-refractivity contribution in [3.05, 3.63) is 0 Å². The third-order valence-corrected chi connectivity index (χ3v) is 4.13. The van der Waals surface area contributed by atoms with Crippen molar-refractivity contribution in [1.82, 2.24) is 19.6 Å². The van der Waals surface area contributed by atoms with Crippen LogP contribution in [0.25, 0.3) is 0 Å². The number of rotatable bonds is 2. The average Bonchev–Trinajstić information content (AvgIpc) is 2.30. The summed E-state index contributed by atoms with van der Waals surface area (Å²) in [5.41, 5.74) is 0. The zero-order valence-corrected chi connectivity index (χ0v) is 11.0. The highest BCUT2D eigenvalue weighted by Crippen LogP contribution is 2.11. The number of hydrogen-bond acceptors (Lipinski definition) is 4. The lowest BCUT2D eigenvalue weighted by Gasteiger charge is -2.44. The molecule has 0 bridgehead atoms. The van der Waals surface area contributed by atoms with Gasteiger partial charge in [-0.3, -0.25) is 9.80 Å². The van der Waals surface area contributed by atoms with Gasteiger partial charge in [0.15, 0.2) is 0 Å². The summed E-state index contributed by atoms with van der Waals surface area (Å²) in [7, 11) is 4.44. The van der Waals surface area contributed by atoms with Gasteiger partial charge in [0.2, 0.25) is 0 Å². The molecule has 0 aliphatic carbocycles. The van der Waals surface area contributed by atoms with Crippen molar-refractivity contribution in [3.8, 4) is 0 Å². The van der Waals surface area contributed by atoms with E-state index in [0.717, 1.165) is 0 Å². The van der Waals surface area contributed by atoms with Crippen LogP contribution in [0.15, 0.2) is 0 Å². The maximum Gasteiger partial charge on any atom is 0.0595 e. The molecule has 2 rings (SSSR count). The van der Waals surface area contributed by atoms with Gasteiger partial charge in [-0.1, -0.05) is 0 Å². The van der Waals surface area contributed by atoms with Gasteiger partial charge in [-0.2, -0.15) is 0 Å². The predicted octanol–water partition coefficient (Wildman–Crippen LogP) is -0.173. The van der Waals surface area contributed by atoms with Crippen LogP contribution in [0.5, 0.6) is 0 Å². The van der Waals surface area contributed by atoms with Gasteiger partial charge in [0.05, 0.1) is 6.17 Å². The number of piperazine rings is 2. The van der Waals surface area contributed by atoms with E-state index in [1.165, 1.54) is 52.4 Å². The lowest BCUT2D eigenvalue weighted by Crippen LogP contribution is -2.57. The van der Waals surface area contributed by atoms with E-state index in [1.807, 2.05) is 0 Å². The summed E-state index contributed by atoms with van der Waals surface area (Å²) in [6.45, 7) is 12.2. The first-order valence-electron chi connectivity index (χ1n) is 6.52. The quantitative estimate of drug-likeness (QED) is 0.648. The smallest absolute Gasteiger partial charge is 0.0595 e. The summed E-state index contributed by atoms with van der Waals surface area (Å²) in [4.78, 5) is 10.1. The van der Waals surface area contributed by atoms with Gasteiger partial charge in [-0.25, -0.2) is 0 Å². The van der Waals surface area contributed by atoms with Gasteiger partial charge in [0.1, 0.15) is 0 Å². The van der Waals surface area contributed by atoms with Gasteiger partial charge >= 0.3 is 0 Å². The Balaban J connectivity index is 1.80. The summed E-state index contributed by atoms with van der Waals surface area (Å²) in [6.07, 6.45) is 0.627. The van der Waals surface area contributed by atoms with Crippen LogP contribution in [0.1, 0.15) is 6.92 Å². The second kappa shape index (κ2) is 5.45. The molecule has 0 aromatic carbocycles. The normalized spacial score (nSPS) is 27.8. The molecule has 0 saturated carbocycles. The van der Waals surface area contributed by atoms with Crippen molar-refractivity contribution in [2.75, 3.05) is 66.5 Å². The molecule has 4 heteroatoms. The first-order valence-corrected chi connectivity index (χ1v) is 6.52.